The van der Waals surface area contributed by atoms with Gasteiger partial charge in [0, 0.05) is 0 Å². The Morgan fingerprint density at radius 3 is 1.23 bits per heavy atom. The summed E-state index contributed by atoms with van der Waals surface area (Å²) in [6.45, 7) is 12.1. The van der Waals surface area contributed by atoms with Gasteiger partial charge in [-0.25, -0.2) is 0 Å². The van der Waals surface area contributed by atoms with Crippen molar-refractivity contribution in [3.05, 3.63) is 155 Å². The Labute approximate surface area is 326 Å². The predicted molar refractivity (Wildman–Crippen MR) is 234 cm³/mol. The van der Waals surface area contributed by atoms with Gasteiger partial charge in [-0.1, -0.05) is 0 Å². The van der Waals surface area contributed by atoms with Crippen LogP contribution < -0.4 is 0 Å². The van der Waals surface area contributed by atoms with Crippen LogP contribution in [0.2, 0.25) is 9.36 Å². The summed E-state index contributed by atoms with van der Waals surface area (Å²) in [7, 11) is 0. The fourth-order valence-corrected chi connectivity index (χ4v) is 38.5. The van der Waals surface area contributed by atoms with Crippen LogP contribution in [-0.2, 0) is 17.1 Å². The summed E-state index contributed by atoms with van der Waals surface area (Å²) in [5.74, 6) is 1.21. The Balaban J connectivity index is 0.00000232. The largest absolute Gasteiger partial charge is 0.147 e. The summed E-state index contributed by atoms with van der Waals surface area (Å²) >= 11 is -3.98. The van der Waals surface area contributed by atoms with Crippen molar-refractivity contribution < 1.29 is 17.1 Å². The van der Waals surface area contributed by atoms with Crippen molar-refractivity contribution in [3.8, 4) is 22.3 Å². The second-order valence-electron chi connectivity index (χ2n) is 17.1. The number of rotatable bonds is 8. The van der Waals surface area contributed by atoms with Gasteiger partial charge in [-0.3, -0.25) is 0 Å². The molecule has 0 spiro atoms. The molecule has 4 heteroatoms. The third-order valence-corrected chi connectivity index (χ3v) is 36.9. The third-order valence-electron chi connectivity index (χ3n) is 11.6. The van der Waals surface area contributed by atoms with Gasteiger partial charge in [0.2, 0.25) is 0 Å². The molecule has 6 aromatic carbocycles. The standard InChI is InChI=1S/2C23H21.2CH3.2ClH.Hf.H2Si/c2*1-16(2)13-17-14-19-9-6-12-22(23(19)15-17)21-11-5-8-18-7-3-4-10-20(18)21;;;;;;/h2*3-12,14-16H,13H2,1-2H3;2*1H3;2*1H;;1H2. The van der Waals surface area contributed by atoms with E-state index < -0.39 is 17.1 Å². The Morgan fingerprint density at radius 2 is 0.827 bits per heavy atom. The first kappa shape index (κ1) is 38.7. The second kappa shape index (κ2) is 14.7. The predicted octanol–water partition coefficient (Wildman–Crippen LogP) is 14.2. The van der Waals surface area contributed by atoms with Gasteiger partial charge < -0.3 is 0 Å². The molecule has 0 amide bonds. The smallest absolute Gasteiger partial charge is 0.147 e. The summed E-state index contributed by atoms with van der Waals surface area (Å²) < 4.78 is 6.66. The number of hydrogen-bond donors (Lipinski definition) is 0. The number of hydrogen-bond acceptors (Lipinski definition) is 0. The van der Waals surface area contributed by atoms with Crippen LogP contribution in [-0.4, -0.2) is 6.94 Å². The summed E-state index contributed by atoms with van der Waals surface area (Å²) in [6, 6.07) is 45.9. The van der Waals surface area contributed by atoms with E-state index in [1.54, 1.807) is 22.3 Å². The van der Waals surface area contributed by atoms with Gasteiger partial charge in [-0.15, -0.1) is 24.8 Å². The van der Waals surface area contributed by atoms with Crippen molar-refractivity contribution in [1.29, 1.82) is 0 Å². The van der Waals surface area contributed by atoms with E-state index in [0.29, 0.717) is 19.2 Å². The molecule has 8 rings (SSSR count). The molecule has 2 atom stereocenters. The first-order valence-corrected chi connectivity index (χ1v) is 38.4. The molecule has 6 aromatic rings. The molecule has 0 fully saturated rings. The van der Waals surface area contributed by atoms with Gasteiger partial charge in [0.25, 0.3) is 0 Å². The van der Waals surface area contributed by atoms with Crippen LogP contribution in [0, 0.1) is 11.8 Å². The van der Waals surface area contributed by atoms with Crippen LogP contribution in [0.1, 0.15) is 70.1 Å². The molecule has 0 N–H and O–H groups in total. The fourth-order valence-electron chi connectivity index (χ4n) is 10.0. The number of halogens is 2. The van der Waals surface area contributed by atoms with Gasteiger partial charge in [-0.2, -0.15) is 0 Å². The van der Waals surface area contributed by atoms with Crippen LogP contribution in [0.5, 0.6) is 0 Å². The first-order valence-electron chi connectivity index (χ1n) is 18.7. The molecule has 0 aliphatic heterocycles. The maximum Gasteiger partial charge on any atom is -0.147 e. The Bertz CT molecular complexity index is 2270. The van der Waals surface area contributed by atoms with E-state index in [2.05, 4.69) is 177 Å². The van der Waals surface area contributed by atoms with Crippen molar-refractivity contribution in [2.24, 2.45) is 11.8 Å². The maximum absolute atomic E-state index is 3.98. The molecule has 2 aliphatic carbocycles. The van der Waals surface area contributed by atoms with Crippen LogP contribution >= 0.6 is 24.8 Å². The van der Waals surface area contributed by atoms with Gasteiger partial charge in [-0.05, 0) is 0 Å². The van der Waals surface area contributed by atoms with Gasteiger partial charge >= 0.3 is 304 Å². The average Bonchev–Trinajstić information content (AvgIpc) is 3.66. The van der Waals surface area contributed by atoms with Crippen molar-refractivity contribution >= 4 is 65.5 Å². The molecule has 266 valence electrons. The molecule has 2 unspecified atom stereocenters. The minimum Gasteiger partial charge on any atom is -0.147 e. The molecule has 0 saturated heterocycles. The monoisotopic (exact) mass is 906 g/mol. The SMILES string of the molecule is CC(C)CC1=Cc2c(-c3cccc4ccccc34)cccc2[CH]1[Hf]([CH3])([CH3])(=[SiH2])[CH]1C(CC(C)C)=Cc2c(-c3cccc4ccccc34)cccc21.Cl.Cl. The molecular formula is C48H52Cl2HfSi. The molecule has 0 nitrogen and oxygen atoms in total. The van der Waals surface area contributed by atoms with Gasteiger partial charge in [0.15, 0.2) is 0 Å². The molecule has 0 radical (unpaired) electrons. The third kappa shape index (κ3) is 6.57. The van der Waals surface area contributed by atoms with Crippen molar-refractivity contribution in [2.75, 3.05) is 0 Å². The zero-order valence-corrected chi connectivity index (χ0v) is 38.1. The van der Waals surface area contributed by atoms with E-state index in [4.69, 9.17) is 0 Å². The molecule has 52 heavy (non-hydrogen) atoms. The summed E-state index contributed by atoms with van der Waals surface area (Å²) in [5, 5.41) is 5.31. The molecule has 0 saturated carbocycles. The zero-order valence-electron chi connectivity index (χ0n) is 31.4. The van der Waals surface area contributed by atoms with E-state index in [1.807, 2.05) is 0 Å². The summed E-state index contributed by atoms with van der Waals surface area (Å²) in [4.78, 5) is 0. The first-order chi connectivity index (χ1) is 24.0. The van der Waals surface area contributed by atoms with Crippen LogP contribution in [0.3, 0.4) is 0 Å². The number of fused-ring (bicyclic) bond motifs is 4. The fraction of sp³-hybridized carbons (Fsp3) is 0.250. The second-order valence-corrected chi connectivity index (χ2v) is 60.6. The van der Waals surface area contributed by atoms with Gasteiger partial charge in [0.05, 0.1) is 0 Å². The quantitative estimate of drug-likeness (QED) is 0.134. The van der Waals surface area contributed by atoms with E-state index in [9.17, 15) is 0 Å². The summed E-state index contributed by atoms with van der Waals surface area (Å²) in [5.41, 5.74) is 15.0. The number of benzene rings is 6. The van der Waals surface area contributed by atoms with Crippen molar-refractivity contribution in [2.45, 2.75) is 57.2 Å². The van der Waals surface area contributed by atoms with Crippen LogP contribution in [0.25, 0.3) is 56.0 Å². The molecule has 0 heterocycles. The molecule has 0 bridgehead atoms. The molecule has 2 aliphatic rings. The van der Waals surface area contributed by atoms with E-state index >= 15 is 0 Å². The minimum absolute atomic E-state index is 0. The van der Waals surface area contributed by atoms with Gasteiger partial charge in [0.1, 0.15) is 0 Å². The normalized spacial score (nSPS) is 16.7. The Kier molecular flexibility index (Phi) is 10.9. The maximum atomic E-state index is 2.83. The van der Waals surface area contributed by atoms with Crippen LogP contribution in [0.15, 0.2) is 132 Å². The minimum atomic E-state index is -3.98. The average molecular weight is 906 g/mol. The van der Waals surface area contributed by atoms with Crippen molar-refractivity contribution in [3.63, 3.8) is 0 Å². The van der Waals surface area contributed by atoms with E-state index in [0.717, 1.165) is 12.8 Å². The topological polar surface area (TPSA) is 0 Å². The van der Waals surface area contributed by atoms with Crippen molar-refractivity contribution in [1.82, 2.24) is 0 Å². The van der Waals surface area contributed by atoms with E-state index in [-0.39, 0.29) is 24.8 Å². The van der Waals surface area contributed by atoms with Crippen LogP contribution in [0.4, 0.5) is 0 Å². The number of allylic oxidation sites excluding steroid dienone is 2. The zero-order chi connectivity index (χ0) is 34.8. The Morgan fingerprint density at radius 1 is 0.481 bits per heavy atom. The summed E-state index contributed by atoms with van der Waals surface area (Å²) in [6.07, 6.45) is 7.61. The van der Waals surface area contributed by atoms with E-state index in [1.165, 1.54) is 54.9 Å². The molecular weight excluding hydrogens is 854 g/mol. The Hall–Kier alpha value is -3.01. The molecule has 0 aromatic heterocycles.